The van der Waals surface area contributed by atoms with E-state index in [1.165, 1.54) is 0 Å². The van der Waals surface area contributed by atoms with Gasteiger partial charge in [-0.3, -0.25) is 4.84 Å². The van der Waals surface area contributed by atoms with Gasteiger partial charge >= 0.3 is 0 Å². The molecular weight excluding hydrogens is 154 g/mol. The highest BCUT2D eigenvalue weighted by Crippen LogP contribution is 2.24. The molecular formula is C9H15NO2. The van der Waals surface area contributed by atoms with Gasteiger partial charge in [0.15, 0.2) is 0 Å². The van der Waals surface area contributed by atoms with E-state index in [2.05, 4.69) is 25.2 Å². The van der Waals surface area contributed by atoms with Crippen molar-refractivity contribution < 1.29 is 9.57 Å². The molecule has 3 nitrogen and oxygen atoms in total. The van der Waals surface area contributed by atoms with Crippen LogP contribution in [0.2, 0.25) is 0 Å². The zero-order valence-corrected chi connectivity index (χ0v) is 7.59. The van der Waals surface area contributed by atoms with Gasteiger partial charge in [0.2, 0.25) is 0 Å². The molecule has 1 atom stereocenters. The number of terminal acetylenes is 1. The predicted molar refractivity (Wildman–Crippen MR) is 46.4 cm³/mol. The van der Waals surface area contributed by atoms with Crippen LogP contribution >= 0.6 is 0 Å². The van der Waals surface area contributed by atoms with Gasteiger partial charge in [0.25, 0.3) is 0 Å². The Labute approximate surface area is 73.4 Å². The maximum absolute atomic E-state index is 5.49. The minimum absolute atomic E-state index is 0.0306. The van der Waals surface area contributed by atoms with E-state index in [9.17, 15) is 0 Å². The van der Waals surface area contributed by atoms with Gasteiger partial charge in [-0.05, 0) is 20.3 Å². The highest BCUT2D eigenvalue weighted by Gasteiger charge is 2.31. The molecule has 1 unspecified atom stereocenters. The number of hydroxylamine groups is 1. The first-order valence-electron chi connectivity index (χ1n) is 4.09. The fourth-order valence-electron chi connectivity index (χ4n) is 1.31. The second-order valence-corrected chi connectivity index (χ2v) is 3.58. The van der Waals surface area contributed by atoms with E-state index in [1.807, 2.05) is 0 Å². The van der Waals surface area contributed by atoms with Gasteiger partial charge in [-0.15, -0.1) is 6.42 Å². The number of hydrogen-bond donors (Lipinski definition) is 1. The molecule has 1 saturated heterocycles. The summed E-state index contributed by atoms with van der Waals surface area (Å²) in [6, 6.07) is 0.272. The molecule has 0 aromatic heterocycles. The minimum Gasteiger partial charge on any atom is -0.374 e. The van der Waals surface area contributed by atoms with Crippen LogP contribution in [0.3, 0.4) is 0 Å². The van der Waals surface area contributed by atoms with Crippen LogP contribution in [0.1, 0.15) is 20.3 Å². The molecule has 0 radical (unpaired) electrons. The molecule has 1 heterocycles. The molecule has 0 amide bonds. The third-order valence-electron chi connectivity index (χ3n) is 1.82. The predicted octanol–water partition coefficient (Wildman–Crippen LogP) is 0.708. The van der Waals surface area contributed by atoms with Crippen LogP contribution in [-0.2, 0) is 9.57 Å². The van der Waals surface area contributed by atoms with Gasteiger partial charge in [0.05, 0.1) is 18.2 Å². The smallest absolute Gasteiger partial charge is 0.128 e. The fraction of sp³-hybridized carbons (Fsp3) is 0.778. The standard InChI is InChI=1S/C9H15NO2/c1-4-5-12-10-8-6-9(2,3)11-7-8/h1,8,10H,5-7H2,2-3H3. The van der Waals surface area contributed by atoms with Crippen molar-refractivity contribution in [3.8, 4) is 12.3 Å². The summed E-state index contributed by atoms with van der Waals surface area (Å²) < 4.78 is 5.49. The SMILES string of the molecule is C#CCONC1COC(C)(C)C1. The maximum atomic E-state index is 5.49. The van der Waals surface area contributed by atoms with Gasteiger partial charge in [-0.25, -0.2) is 0 Å². The Morgan fingerprint density at radius 1 is 1.75 bits per heavy atom. The molecule has 1 aliphatic heterocycles. The number of hydrogen-bond acceptors (Lipinski definition) is 3. The normalized spacial score (nSPS) is 26.9. The van der Waals surface area contributed by atoms with E-state index in [4.69, 9.17) is 16.0 Å². The van der Waals surface area contributed by atoms with Crippen molar-refractivity contribution in [1.82, 2.24) is 5.48 Å². The quantitative estimate of drug-likeness (QED) is 0.383. The minimum atomic E-state index is -0.0306. The lowest BCUT2D eigenvalue weighted by molar-refractivity contribution is 0.0202. The third kappa shape index (κ3) is 2.82. The summed E-state index contributed by atoms with van der Waals surface area (Å²) in [7, 11) is 0. The van der Waals surface area contributed by atoms with E-state index in [-0.39, 0.29) is 11.6 Å². The van der Waals surface area contributed by atoms with Crippen LogP contribution in [0.15, 0.2) is 0 Å². The Kier molecular flexibility index (Phi) is 3.10. The Morgan fingerprint density at radius 2 is 2.50 bits per heavy atom. The van der Waals surface area contributed by atoms with Gasteiger partial charge in [-0.1, -0.05) is 5.92 Å². The second kappa shape index (κ2) is 3.90. The monoisotopic (exact) mass is 169 g/mol. The van der Waals surface area contributed by atoms with Crippen molar-refractivity contribution in [2.75, 3.05) is 13.2 Å². The van der Waals surface area contributed by atoms with E-state index >= 15 is 0 Å². The molecule has 0 aliphatic carbocycles. The highest BCUT2D eigenvalue weighted by atomic mass is 16.6. The van der Waals surface area contributed by atoms with Gasteiger partial charge < -0.3 is 4.74 Å². The summed E-state index contributed by atoms with van der Waals surface area (Å²) in [4.78, 5) is 4.99. The van der Waals surface area contributed by atoms with Crippen LogP contribution in [0, 0.1) is 12.3 Å². The first-order chi connectivity index (χ1) is 5.64. The van der Waals surface area contributed by atoms with Gasteiger partial charge in [0, 0.05) is 0 Å². The van der Waals surface area contributed by atoms with Crippen molar-refractivity contribution in [2.24, 2.45) is 0 Å². The largest absolute Gasteiger partial charge is 0.374 e. The van der Waals surface area contributed by atoms with Crippen molar-refractivity contribution >= 4 is 0 Å². The van der Waals surface area contributed by atoms with Crippen molar-refractivity contribution in [3.05, 3.63) is 0 Å². The number of rotatable bonds is 3. The topological polar surface area (TPSA) is 30.5 Å². The summed E-state index contributed by atoms with van der Waals surface area (Å²) in [6.45, 7) is 5.13. The van der Waals surface area contributed by atoms with Crippen LogP contribution in [0.4, 0.5) is 0 Å². The van der Waals surface area contributed by atoms with E-state index in [1.54, 1.807) is 0 Å². The molecule has 12 heavy (non-hydrogen) atoms. The van der Waals surface area contributed by atoms with Crippen LogP contribution in [0.5, 0.6) is 0 Å². The first-order valence-corrected chi connectivity index (χ1v) is 4.09. The zero-order valence-electron chi connectivity index (χ0n) is 7.59. The Balaban J connectivity index is 2.16. The summed E-state index contributed by atoms with van der Waals surface area (Å²) >= 11 is 0. The Morgan fingerprint density at radius 3 is 3.00 bits per heavy atom. The average molecular weight is 169 g/mol. The lowest BCUT2D eigenvalue weighted by atomic mass is 10.0. The Bertz CT molecular complexity index is 183. The van der Waals surface area contributed by atoms with Crippen LogP contribution in [0.25, 0.3) is 0 Å². The molecule has 1 rings (SSSR count). The Hall–Kier alpha value is -0.560. The van der Waals surface area contributed by atoms with Gasteiger partial charge in [0.1, 0.15) is 6.61 Å². The lowest BCUT2D eigenvalue weighted by Crippen LogP contribution is -2.30. The van der Waals surface area contributed by atoms with Crippen LogP contribution in [-0.4, -0.2) is 24.9 Å². The second-order valence-electron chi connectivity index (χ2n) is 3.58. The van der Waals surface area contributed by atoms with E-state index in [0.717, 1.165) is 6.42 Å². The van der Waals surface area contributed by atoms with E-state index in [0.29, 0.717) is 13.2 Å². The van der Waals surface area contributed by atoms with Crippen molar-refractivity contribution in [2.45, 2.75) is 31.9 Å². The number of nitrogens with one attached hydrogen (secondary N) is 1. The summed E-state index contributed by atoms with van der Waals surface area (Å²) in [6.07, 6.45) is 5.98. The summed E-state index contributed by atoms with van der Waals surface area (Å²) in [5.41, 5.74) is 2.84. The van der Waals surface area contributed by atoms with Crippen molar-refractivity contribution in [1.29, 1.82) is 0 Å². The summed E-state index contributed by atoms with van der Waals surface area (Å²) in [5.74, 6) is 2.39. The highest BCUT2D eigenvalue weighted by molar-refractivity contribution is 4.85. The molecule has 68 valence electrons. The lowest BCUT2D eigenvalue weighted by Gasteiger charge is -2.15. The fourth-order valence-corrected chi connectivity index (χ4v) is 1.31. The molecule has 0 bridgehead atoms. The summed E-state index contributed by atoms with van der Waals surface area (Å²) in [5, 5.41) is 0. The van der Waals surface area contributed by atoms with E-state index < -0.39 is 0 Å². The molecule has 1 aliphatic rings. The first kappa shape index (κ1) is 9.53. The molecule has 1 fully saturated rings. The molecule has 3 heteroatoms. The molecule has 0 spiro atoms. The zero-order chi connectivity index (χ0) is 9.03. The average Bonchev–Trinajstić information content (AvgIpc) is 2.31. The molecule has 0 aromatic carbocycles. The maximum Gasteiger partial charge on any atom is 0.128 e. The van der Waals surface area contributed by atoms with Crippen LogP contribution < -0.4 is 5.48 Å². The molecule has 0 saturated carbocycles. The molecule has 0 aromatic rings. The third-order valence-corrected chi connectivity index (χ3v) is 1.82. The number of ether oxygens (including phenoxy) is 1. The van der Waals surface area contributed by atoms with Gasteiger partial charge in [-0.2, -0.15) is 5.48 Å². The molecule has 1 N–H and O–H groups in total. The van der Waals surface area contributed by atoms with Crippen molar-refractivity contribution in [3.63, 3.8) is 0 Å².